The zero-order valence-corrected chi connectivity index (χ0v) is 17.0. The molecule has 0 radical (unpaired) electrons. The highest BCUT2D eigenvalue weighted by Gasteiger charge is 2.17. The van der Waals surface area contributed by atoms with Crippen LogP contribution in [-0.4, -0.2) is 49.2 Å². The van der Waals surface area contributed by atoms with E-state index < -0.39 is 0 Å². The Morgan fingerprint density at radius 2 is 1.42 bits per heavy atom. The highest BCUT2D eigenvalue weighted by Crippen LogP contribution is 2.26. The van der Waals surface area contributed by atoms with Crippen molar-refractivity contribution in [2.24, 2.45) is 0 Å². The lowest BCUT2D eigenvalue weighted by atomic mass is 9.97. The highest BCUT2D eigenvalue weighted by molar-refractivity contribution is 5.86. The van der Waals surface area contributed by atoms with Crippen LogP contribution in [0.5, 0.6) is 0 Å². The van der Waals surface area contributed by atoms with Crippen molar-refractivity contribution in [1.29, 1.82) is 0 Å². The Morgan fingerprint density at radius 3 is 2.19 bits per heavy atom. The van der Waals surface area contributed by atoms with Crippen LogP contribution >= 0.6 is 24.8 Å². The molecule has 2 aromatic rings. The Balaban J connectivity index is 0.00000121. The van der Waals surface area contributed by atoms with Gasteiger partial charge in [0.2, 0.25) is 0 Å². The largest absolute Gasteiger partial charge is 0.379 e. The van der Waals surface area contributed by atoms with Gasteiger partial charge in [-0.15, -0.1) is 24.8 Å². The zero-order valence-electron chi connectivity index (χ0n) is 15.4. The molecule has 0 saturated carbocycles. The van der Waals surface area contributed by atoms with Crippen LogP contribution in [0.25, 0.3) is 10.8 Å². The standard InChI is InChI=1S/C21H28N2O.2ClH/c1-4-10-22(11-5-1)16-19-9-8-18-6-2-3-7-20(18)21(19)17-23-12-14-24-15-13-23;;/h2-3,6-9H,1,4-5,10-17H2;2*1H. The van der Waals surface area contributed by atoms with Crippen LogP contribution in [0.2, 0.25) is 0 Å². The van der Waals surface area contributed by atoms with Gasteiger partial charge in [0, 0.05) is 26.2 Å². The molecule has 5 heteroatoms. The highest BCUT2D eigenvalue weighted by atomic mass is 35.5. The molecule has 4 rings (SSSR count). The molecule has 0 atom stereocenters. The van der Waals surface area contributed by atoms with Crippen LogP contribution < -0.4 is 0 Å². The monoisotopic (exact) mass is 396 g/mol. The van der Waals surface area contributed by atoms with E-state index in [0.717, 1.165) is 39.4 Å². The summed E-state index contributed by atoms with van der Waals surface area (Å²) in [4.78, 5) is 5.18. The number of piperidine rings is 1. The van der Waals surface area contributed by atoms with E-state index in [0.29, 0.717) is 0 Å². The minimum absolute atomic E-state index is 0. The second-order valence-corrected chi connectivity index (χ2v) is 7.15. The number of halogens is 2. The van der Waals surface area contributed by atoms with E-state index >= 15 is 0 Å². The second-order valence-electron chi connectivity index (χ2n) is 7.15. The summed E-state index contributed by atoms with van der Waals surface area (Å²) in [6, 6.07) is 13.5. The first-order valence-electron chi connectivity index (χ1n) is 9.42. The molecule has 0 unspecified atom stereocenters. The molecular weight excluding hydrogens is 367 g/mol. The van der Waals surface area contributed by atoms with Crippen LogP contribution in [0.15, 0.2) is 36.4 Å². The maximum Gasteiger partial charge on any atom is 0.0594 e. The summed E-state index contributed by atoms with van der Waals surface area (Å²) in [5, 5.41) is 2.79. The van der Waals surface area contributed by atoms with Crippen LogP contribution in [0.4, 0.5) is 0 Å². The predicted octanol–water partition coefficient (Wildman–Crippen LogP) is 4.50. The van der Waals surface area contributed by atoms with Crippen molar-refractivity contribution >= 4 is 35.6 Å². The summed E-state index contributed by atoms with van der Waals surface area (Å²) in [5.74, 6) is 0. The van der Waals surface area contributed by atoms with E-state index in [2.05, 4.69) is 46.2 Å². The van der Waals surface area contributed by atoms with Crippen molar-refractivity contribution in [3.63, 3.8) is 0 Å². The summed E-state index contributed by atoms with van der Waals surface area (Å²) >= 11 is 0. The van der Waals surface area contributed by atoms with Gasteiger partial charge < -0.3 is 4.74 Å². The predicted molar refractivity (Wildman–Crippen MR) is 114 cm³/mol. The first-order chi connectivity index (χ1) is 11.9. The third-order valence-corrected chi connectivity index (χ3v) is 5.47. The number of fused-ring (bicyclic) bond motifs is 1. The van der Waals surface area contributed by atoms with Gasteiger partial charge in [-0.05, 0) is 47.8 Å². The maximum absolute atomic E-state index is 5.53. The third-order valence-electron chi connectivity index (χ3n) is 5.47. The fourth-order valence-corrected chi connectivity index (χ4v) is 4.06. The molecule has 0 spiro atoms. The lowest BCUT2D eigenvalue weighted by Crippen LogP contribution is -2.36. The molecular formula is C21H30Cl2N2O. The number of nitrogens with zero attached hydrogens (tertiary/aromatic N) is 2. The fourth-order valence-electron chi connectivity index (χ4n) is 4.06. The molecule has 2 aromatic carbocycles. The lowest BCUT2D eigenvalue weighted by Gasteiger charge is -2.30. The van der Waals surface area contributed by atoms with Gasteiger partial charge in [-0.3, -0.25) is 9.80 Å². The Morgan fingerprint density at radius 1 is 0.731 bits per heavy atom. The molecule has 2 fully saturated rings. The summed E-state index contributed by atoms with van der Waals surface area (Å²) in [6.45, 7) is 8.49. The molecule has 26 heavy (non-hydrogen) atoms. The molecule has 3 nitrogen and oxygen atoms in total. The van der Waals surface area contributed by atoms with Crippen molar-refractivity contribution in [1.82, 2.24) is 9.80 Å². The number of hydrogen-bond acceptors (Lipinski definition) is 3. The molecule has 144 valence electrons. The van der Waals surface area contributed by atoms with Crippen molar-refractivity contribution in [3.05, 3.63) is 47.5 Å². The lowest BCUT2D eigenvalue weighted by molar-refractivity contribution is 0.0341. The minimum atomic E-state index is 0. The number of ether oxygens (including phenoxy) is 1. The van der Waals surface area contributed by atoms with Crippen molar-refractivity contribution < 1.29 is 4.74 Å². The van der Waals surface area contributed by atoms with Gasteiger partial charge in [0.05, 0.1) is 13.2 Å². The van der Waals surface area contributed by atoms with Gasteiger partial charge in [0.1, 0.15) is 0 Å². The van der Waals surface area contributed by atoms with E-state index in [1.165, 1.54) is 54.3 Å². The van der Waals surface area contributed by atoms with Crippen LogP contribution in [0.1, 0.15) is 30.4 Å². The fraction of sp³-hybridized carbons (Fsp3) is 0.524. The summed E-state index contributed by atoms with van der Waals surface area (Å²) < 4.78 is 5.53. The Hall–Kier alpha value is -0.840. The van der Waals surface area contributed by atoms with E-state index in [4.69, 9.17) is 4.74 Å². The molecule has 0 aliphatic carbocycles. The van der Waals surface area contributed by atoms with Crippen molar-refractivity contribution in [3.8, 4) is 0 Å². The summed E-state index contributed by atoms with van der Waals surface area (Å²) in [7, 11) is 0. The molecule has 2 aliphatic heterocycles. The molecule has 0 N–H and O–H groups in total. The van der Waals surface area contributed by atoms with Gasteiger partial charge >= 0.3 is 0 Å². The SMILES string of the molecule is Cl.Cl.c1ccc2c(CN3CCOCC3)c(CN3CCCCC3)ccc2c1. The summed E-state index contributed by atoms with van der Waals surface area (Å²) in [5.41, 5.74) is 3.04. The third kappa shape index (κ3) is 5.11. The van der Waals surface area contributed by atoms with Crippen LogP contribution in [-0.2, 0) is 17.8 Å². The van der Waals surface area contributed by atoms with Crippen molar-refractivity contribution in [2.75, 3.05) is 39.4 Å². The number of likely N-dealkylation sites (tertiary alicyclic amines) is 1. The summed E-state index contributed by atoms with van der Waals surface area (Å²) in [6.07, 6.45) is 4.10. The first kappa shape index (κ1) is 21.5. The molecule has 0 bridgehead atoms. The zero-order chi connectivity index (χ0) is 16.2. The van der Waals surface area contributed by atoms with E-state index in [9.17, 15) is 0 Å². The second kappa shape index (κ2) is 10.5. The van der Waals surface area contributed by atoms with Gasteiger partial charge in [-0.2, -0.15) is 0 Å². The van der Waals surface area contributed by atoms with E-state index in [-0.39, 0.29) is 24.8 Å². The quantitative estimate of drug-likeness (QED) is 0.756. The maximum atomic E-state index is 5.53. The van der Waals surface area contributed by atoms with Gasteiger partial charge in [-0.1, -0.05) is 42.8 Å². The number of morpholine rings is 1. The van der Waals surface area contributed by atoms with E-state index in [1.807, 2.05) is 0 Å². The number of rotatable bonds is 4. The molecule has 2 saturated heterocycles. The van der Waals surface area contributed by atoms with Gasteiger partial charge in [0.15, 0.2) is 0 Å². The van der Waals surface area contributed by atoms with Gasteiger partial charge in [0.25, 0.3) is 0 Å². The molecule has 2 aliphatic rings. The smallest absolute Gasteiger partial charge is 0.0594 e. The van der Waals surface area contributed by atoms with Crippen LogP contribution in [0.3, 0.4) is 0 Å². The molecule has 0 aromatic heterocycles. The molecule has 2 heterocycles. The minimum Gasteiger partial charge on any atom is -0.379 e. The van der Waals surface area contributed by atoms with Crippen molar-refractivity contribution in [2.45, 2.75) is 32.4 Å². The Kier molecular flexibility index (Phi) is 8.65. The Labute approximate surface area is 169 Å². The molecule has 0 amide bonds. The number of benzene rings is 2. The normalized spacial score (nSPS) is 18.9. The average Bonchev–Trinajstić information content (AvgIpc) is 2.65. The first-order valence-corrected chi connectivity index (χ1v) is 9.42. The van der Waals surface area contributed by atoms with Gasteiger partial charge in [-0.25, -0.2) is 0 Å². The van der Waals surface area contributed by atoms with E-state index in [1.54, 1.807) is 0 Å². The van der Waals surface area contributed by atoms with Crippen LogP contribution in [0, 0.1) is 0 Å². The Bertz CT molecular complexity index is 683. The number of hydrogen-bond donors (Lipinski definition) is 0. The average molecular weight is 397 g/mol. The topological polar surface area (TPSA) is 15.7 Å².